The van der Waals surface area contributed by atoms with Crippen molar-refractivity contribution in [1.29, 1.82) is 0 Å². The van der Waals surface area contributed by atoms with Crippen LogP contribution in [-0.2, 0) is 19.2 Å². The Labute approximate surface area is 155 Å². The number of ketones is 1. The molecule has 3 amide bonds. The Morgan fingerprint density at radius 2 is 1.48 bits per heavy atom. The molecule has 0 bridgehead atoms. The van der Waals surface area contributed by atoms with Gasteiger partial charge < -0.3 is 20.6 Å². The Balaban J connectivity index is 5.36. The molecular formula is C16H26F3N3O5. The fourth-order valence-electron chi connectivity index (χ4n) is 1.84. The van der Waals surface area contributed by atoms with Crippen molar-refractivity contribution >= 4 is 23.5 Å². The Morgan fingerprint density at radius 3 is 1.85 bits per heavy atom. The number of alkyl halides is 3. The van der Waals surface area contributed by atoms with Crippen LogP contribution in [0.1, 0.15) is 34.1 Å². The van der Waals surface area contributed by atoms with E-state index in [1.54, 1.807) is 20.8 Å². The van der Waals surface area contributed by atoms with Gasteiger partial charge in [0.1, 0.15) is 12.1 Å². The average molecular weight is 397 g/mol. The molecule has 1 unspecified atom stereocenters. The minimum Gasteiger partial charge on any atom is -0.383 e. The summed E-state index contributed by atoms with van der Waals surface area (Å²) < 4.78 is 37.3. The summed E-state index contributed by atoms with van der Waals surface area (Å²) in [5, 5.41) is 14.0. The van der Waals surface area contributed by atoms with Crippen LogP contribution in [0.15, 0.2) is 0 Å². The lowest BCUT2D eigenvalue weighted by Crippen LogP contribution is -2.56. The van der Waals surface area contributed by atoms with Crippen molar-refractivity contribution in [2.75, 3.05) is 14.1 Å². The first-order valence-corrected chi connectivity index (χ1v) is 8.08. The lowest BCUT2D eigenvalue weighted by Gasteiger charge is -2.28. The molecule has 0 spiro atoms. The summed E-state index contributed by atoms with van der Waals surface area (Å²) in [5.41, 5.74) is -0.879. The van der Waals surface area contributed by atoms with Gasteiger partial charge in [0.2, 0.25) is 17.7 Å². The van der Waals surface area contributed by atoms with Gasteiger partial charge in [-0.2, -0.15) is 13.2 Å². The quantitative estimate of drug-likeness (QED) is 0.559. The molecule has 156 valence electrons. The van der Waals surface area contributed by atoms with Gasteiger partial charge in [-0.1, -0.05) is 20.8 Å². The van der Waals surface area contributed by atoms with Crippen molar-refractivity contribution in [3.63, 3.8) is 0 Å². The van der Waals surface area contributed by atoms with Crippen LogP contribution in [0.2, 0.25) is 0 Å². The topological polar surface area (TPSA) is 116 Å². The molecule has 0 heterocycles. The SMILES string of the molecule is CC(NC(=O)[C@H](CC(=O)N(C)C)NC(=O)[C@@H](O)C(C)(C)C)C(=O)C(F)(F)F. The Morgan fingerprint density at radius 1 is 1.00 bits per heavy atom. The van der Waals surface area contributed by atoms with E-state index in [2.05, 4.69) is 5.32 Å². The zero-order valence-electron chi connectivity index (χ0n) is 16.1. The maximum absolute atomic E-state index is 12.4. The molecule has 0 aliphatic carbocycles. The zero-order chi connectivity index (χ0) is 21.7. The van der Waals surface area contributed by atoms with Crippen molar-refractivity contribution in [1.82, 2.24) is 15.5 Å². The molecule has 3 N–H and O–H groups in total. The second-order valence-electron chi connectivity index (χ2n) is 7.41. The molecule has 0 aliphatic rings. The molecule has 0 rings (SSSR count). The molecule has 11 heteroatoms. The van der Waals surface area contributed by atoms with Crippen molar-refractivity contribution in [3.8, 4) is 0 Å². The third-order valence-electron chi connectivity index (χ3n) is 3.61. The third-order valence-corrected chi connectivity index (χ3v) is 3.61. The molecule has 0 aliphatic heterocycles. The summed E-state index contributed by atoms with van der Waals surface area (Å²) in [6.45, 7) is 5.51. The van der Waals surface area contributed by atoms with Crippen LogP contribution < -0.4 is 10.6 Å². The summed E-state index contributed by atoms with van der Waals surface area (Å²) in [7, 11) is 2.78. The number of nitrogens with one attached hydrogen (secondary N) is 2. The number of aliphatic hydroxyl groups is 1. The Bertz CT molecular complexity index is 585. The number of aliphatic hydroxyl groups excluding tert-OH is 1. The van der Waals surface area contributed by atoms with E-state index in [1.807, 2.05) is 5.32 Å². The minimum absolute atomic E-state index is 0.561. The highest BCUT2D eigenvalue weighted by atomic mass is 19.4. The van der Waals surface area contributed by atoms with Gasteiger partial charge in [0, 0.05) is 14.1 Å². The van der Waals surface area contributed by atoms with Crippen LogP contribution >= 0.6 is 0 Å². The minimum atomic E-state index is -5.15. The molecule has 0 saturated heterocycles. The number of hydrogen-bond donors (Lipinski definition) is 3. The van der Waals surface area contributed by atoms with Gasteiger partial charge in [-0.15, -0.1) is 0 Å². The van der Waals surface area contributed by atoms with E-state index in [4.69, 9.17) is 0 Å². The first kappa shape index (κ1) is 24.8. The molecule has 0 fully saturated rings. The molecule has 8 nitrogen and oxygen atoms in total. The van der Waals surface area contributed by atoms with Crippen LogP contribution in [-0.4, -0.2) is 72.0 Å². The van der Waals surface area contributed by atoms with E-state index in [1.165, 1.54) is 14.1 Å². The van der Waals surface area contributed by atoms with Gasteiger partial charge in [0.25, 0.3) is 5.78 Å². The van der Waals surface area contributed by atoms with Gasteiger partial charge in [-0.3, -0.25) is 19.2 Å². The summed E-state index contributed by atoms with van der Waals surface area (Å²) in [6.07, 6.45) is -7.24. The van der Waals surface area contributed by atoms with Gasteiger partial charge >= 0.3 is 6.18 Å². The molecule has 0 radical (unpaired) electrons. The van der Waals surface area contributed by atoms with Crippen LogP contribution in [0.5, 0.6) is 0 Å². The number of hydrogen-bond acceptors (Lipinski definition) is 5. The van der Waals surface area contributed by atoms with Crippen LogP contribution in [0.25, 0.3) is 0 Å². The monoisotopic (exact) mass is 397 g/mol. The second kappa shape index (κ2) is 9.16. The highest BCUT2D eigenvalue weighted by Gasteiger charge is 2.43. The average Bonchev–Trinajstić information content (AvgIpc) is 2.50. The number of amides is 3. The van der Waals surface area contributed by atoms with Gasteiger partial charge in [0.05, 0.1) is 12.5 Å². The summed E-state index contributed by atoms with van der Waals surface area (Å²) in [5.74, 6) is -4.88. The van der Waals surface area contributed by atoms with E-state index in [-0.39, 0.29) is 0 Å². The van der Waals surface area contributed by atoms with Crippen molar-refractivity contribution in [2.45, 2.75) is 58.5 Å². The largest absolute Gasteiger partial charge is 0.452 e. The molecule has 3 atom stereocenters. The first-order valence-electron chi connectivity index (χ1n) is 8.08. The standard InChI is InChI=1S/C16H26F3N3O5/c1-8(11(24)16(17,18)19)20-13(26)9(7-10(23)22(5)6)21-14(27)12(25)15(2,3)4/h8-9,12,25H,7H2,1-6H3,(H,20,26)(H,21,27)/t8?,9-,12+/m0/s1. The summed E-state index contributed by atoms with van der Waals surface area (Å²) in [4.78, 5) is 48.5. The van der Waals surface area contributed by atoms with E-state index in [9.17, 15) is 37.5 Å². The van der Waals surface area contributed by atoms with Crippen LogP contribution in [0, 0.1) is 5.41 Å². The predicted molar refractivity (Wildman–Crippen MR) is 89.4 cm³/mol. The van der Waals surface area contributed by atoms with Gasteiger partial charge in [-0.05, 0) is 12.3 Å². The molecule has 0 aromatic carbocycles. The fourth-order valence-corrected chi connectivity index (χ4v) is 1.84. The summed E-state index contributed by atoms with van der Waals surface area (Å²) in [6, 6.07) is -3.47. The number of Topliss-reactive ketones (excluding diaryl/α,β-unsaturated/α-hetero) is 1. The Kier molecular flexibility index (Phi) is 8.42. The normalized spacial score (nSPS) is 15.3. The van der Waals surface area contributed by atoms with Gasteiger partial charge in [-0.25, -0.2) is 0 Å². The van der Waals surface area contributed by atoms with E-state index in [0.29, 0.717) is 0 Å². The molecule has 0 aromatic heterocycles. The third kappa shape index (κ3) is 7.94. The highest BCUT2D eigenvalue weighted by molar-refractivity contribution is 5.97. The van der Waals surface area contributed by atoms with E-state index in [0.717, 1.165) is 11.8 Å². The maximum Gasteiger partial charge on any atom is 0.452 e. The van der Waals surface area contributed by atoms with Crippen molar-refractivity contribution in [2.24, 2.45) is 5.41 Å². The number of carbonyl (C=O) groups is 4. The maximum atomic E-state index is 12.4. The predicted octanol–water partition coefficient (Wildman–Crippen LogP) is -0.00740. The van der Waals surface area contributed by atoms with Crippen molar-refractivity contribution in [3.05, 3.63) is 0 Å². The first-order chi connectivity index (χ1) is 12.0. The lowest BCUT2D eigenvalue weighted by molar-refractivity contribution is -0.173. The zero-order valence-corrected chi connectivity index (χ0v) is 16.1. The van der Waals surface area contributed by atoms with E-state index >= 15 is 0 Å². The van der Waals surface area contributed by atoms with Gasteiger partial charge in [0.15, 0.2) is 0 Å². The summed E-state index contributed by atoms with van der Waals surface area (Å²) >= 11 is 0. The van der Waals surface area contributed by atoms with Crippen molar-refractivity contribution < 1.29 is 37.5 Å². The molecule has 0 aromatic rings. The van der Waals surface area contributed by atoms with Crippen LogP contribution in [0.3, 0.4) is 0 Å². The van der Waals surface area contributed by atoms with E-state index < -0.39 is 59.7 Å². The highest BCUT2D eigenvalue weighted by Crippen LogP contribution is 2.20. The number of rotatable bonds is 7. The number of nitrogens with zero attached hydrogens (tertiary/aromatic N) is 1. The fraction of sp³-hybridized carbons (Fsp3) is 0.750. The van der Waals surface area contributed by atoms with Crippen LogP contribution in [0.4, 0.5) is 13.2 Å². The smallest absolute Gasteiger partial charge is 0.383 e. The number of halogens is 3. The second-order valence-corrected chi connectivity index (χ2v) is 7.41. The number of carbonyl (C=O) groups excluding carboxylic acids is 4. The molecule has 27 heavy (non-hydrogen) atoms. The Hall–Kier alpha value is -2.17. The molecule has 0 saturated carbocycles. The lowest BCUT2D eigenvalue weighted by atomic mass is 9.88. The molecular weight excluding hydrogens is 371 g/mol.